The molecule has 0 saturated carbocycles. The van der Waals surface area contributed by atoms with Crippen molar-refractivity contribution in [2.75, 3.05) is 4.72 Å². The molecular weight excluding hydrogens is 376 g/mol. The Labute approximate surface area is 162 Å². The largest absolute Gasteiger partial charge is 0.489 e. The minimum Gasteiger partial charge on any atom is -0.489 e. The van der Waals surface area contributed by atoms with Gasteiger partial charge in [0.2, 0.25) is 10.0 Å². The molecule has 0 amide bonds. The highest BCUT2D eigenvalue weighted by Gasteiger charge is 2.17. The molecule has 28 heavy (non-hydrogen) atoms. The van der Waals surface area contributed by atoms with Crippen molar-refractivity contribution in [3.05, 3.63) is 90.1 Å². The average Bonchev–Trinajstić information content (AvgIpc) is 3.10. The van der Waals surface area contributed by atoms with Gasteiger partial charge in [-0.2, -0.15) is 0 Å². The minimum absolute atomic E-state index is 0.268. The lowest BCUT2D eigenvalue weighted by Crippen LogP contribution is -2.15. The van der Waals surface area contributed by atoms with E-state index in [2.05, 4.69) is 9.88 Å². The van der Waals surface area contributed by atoms with Gasteiger partial charge in [-0.1, -0.05) is 47.6 Å². The van der Waals surface area contributed by atoms with Crippen molar-refractivity contribution in [3.8, 4) is 5.75 Å². The van der Waals surface area contributed by atoms with Gasteiger partial charge in [0, 0.05) is 11.1 Å². The summed E-state index contributed by atoms with van der Waals surface area (Å²) >= 11 is 0. The van der Waals surface area contributed by atoms with Crippen LogP contribution < -0.4 is 9.46 Å². The number of nitrogens with zero attached hydrogens (tertiary/aromatic N) is 1. The number of fused-ring (bicyclic) bond motifs is 1. The predicted octanol–water partition coefficient (Wildman–Crippen LogP) is 4.35. The molecule has 0 fully saturated rings. The molecule has 0 atom stereocenters. The third-order valence-corrected chi connectivity index (χ3v) is 5.36. The number of hydrogen-bond acceptors (Lipinski definition) is 5. The number of nitrogens with one attached hydrogen (secondary N) is 1. The van der Waals surface area contributed by atoms with Gasteiger partial charge in [0.1, 0.15) is 23.8 Å². The van der Waals surface area contributed by atoms with Crippen molar-refractivity contribution in [2.45, 2.75) is 12.4 Å². The Bertz CT molecular complexity index is 1170. The van der Waals surface area contributed by atoms with Crippen molar-refractivity contribution in [3.63, 3.8) is 0 Å². The van der Waals surface area contributed by atoms with Crippen LogP contribution in [0, 0.1) is 0 Å². The van der Waals surface area contributed by atoms with E-state index in [-0.39, 0.29) is 5.75 Å². The van der Waals surface area contributed by atoms with Crippen LogP contribution in [0.1, 0.15) is 11.3 Å². The fraction of sp³-hybridized carbons (Fsp3) is 0.0952. The Kier molecular flexibility index (Phi) is 4.99. The van der Waals surface area contributed by atoms with Crippen molar-refractivity contribution in [1.29, 1.82) is 0 Å². The molecule has 0 spiro atoms. The molecule has 142 valence electrons. The van der Waals surface area contributed by atoms with E-state index in [1.807, 2.05) is 42.5 Å². The summed E-state index contributed by atoms with van der Waals surface area (Å²) in [5.41, 5.74) is 2.46. The summed E-state index contributed by atoms with van der Waals surface area (Å²) < 4.78 is 38.4. The van der Waals surface area contributed by atoms with Gasteiger partial charge in [-0.3, -0.25) is 4.72 Å². The standard InChI is InChI=1S/C21H18N2O4S/c24-28(25,15-20-19-8-4-5-9-21(19)27-22-20)23-17-10-12-18(13-11-17)26-14-16-6-2-1-3-7-16/h1-13,23H,14-15H2. The lowest BCUT2D eigenvalue weighted by atomic mass is 10.2. The number of anilines is 1. The number of para-hydroxylation sites is 1. The average molecular weight is 394 g/mol. The van der Waals surface area contributed by atoms with E-state index >= 15 is 0 Å². The molecule has 0 aliphatic carbocycles. The number of ether oxygens (including phenoxy) is 1. The van der Waals surface area contributed by atoms with Crippen LogP contribution in [0.5, 0.6) is 5.75 Å². The quantitative estimate of drug-likeness (QED) is 0.504. The van der Waals surface area contributed by atoms with Crippen LogP contribution in [-0.4, -0.2) is 13.6 Å². The third-order valence-electron chi connectivity index (χ3n) is 4.15. The maximum Gasteiger partial charge on any atom is 0.238 e. The lowest BCUT2D eigenvalue weighted by molar-refractivity contribution is 0.306. The lowest BCUT2D eigenvalue weighted by Gasteiger charge is -2.09. The highest BCUT2D eigenvalue weighted by Crippen LogP contribution is 2.22. The first-order valence-corrected chi connectivity index (χ1v) is 10.3. The molecule has 0 radical (unpaired) electrons. The Balaban J connectivity index is 1.40. The maximum atomic E-state index is 12.5. The van der Waals surface area contributed by atoms with Gasteiger partial charge in [-0.15, -0.1) is 0 Å². The van der Waals surface area contributed by atoms with Crippen molar-refractivity contribution >= 4 is 26.7 Å². The van der Waals surface area contributed by atoms with Crippen LogP contribution in [0.25, 0.3) is 11.0 Å². The van der Waals surface area contributed by atoms with E-state index in [9.17, 15) is 8.42 Å². The monoisotopic (exact) mass is 394 g/mol. The van der Waals surface area contributed by atoms with Gasteiger partial charge in [0.15, 0.2) is 5.58 Å². The zero-order chi connectivity index (χ0) is 19.4. The summed E-state index contributed by atoms with van der Waals surface area (Å²) in [6, 6.07) is 23.8. The maximum absolute atomic E-state index is 12.5. The molecule has 4 aromatic rings. The number of benzene rings is 3. The number of sulfonamides is 1. The van der Waals surface area contributed by atoms with E-state index in [1.54, 1.807) is 36.4 Å². The summed E-state index contributed by atoms with van der Waals surface area (Å²) in [5.74, 6) is 0.394. The van der Waals surface area contributed by atoms with Gasteiger partial charge in [0.25, 0.3) is 0 Å². The zero-order valence-corrected chi connectivity index (χ0v) is 15.7. The van der Waals surface area contributed by atoms with Crippen LogP contribution in [0.2, 0.25) is 0 Å². The van der Waals surface area contributed by atoms with Crippen LogP contribution in [0.3, 0.4) is 0 Å². The second-order valence-corrected chi connectivity index (χ2v) is 8.01. The second-order valence-electron chi connectivity index (χ2n) is 6.29. The number of rotatable bonds is 7. The molecule has 4 rings (SSSR count). The molecule has 3 aromatic carbocycles. The number of aromatic nitrogens is 1. The van der Waals surface area contributed by atoms with Crippen LogP contribution in [0.15, 0.2) is 83.4 Å². The molecule has 0 saturated heterocycles. The molecule has 1 aromatic heterocycles. The van der Waals surface area contributed by atoms with Gasteiger partial charge in [-0.25, -0.2) is 8.42 Å². The van der Waals surface area contributed by atoms with Crippen LogP contribution >= 0.6 is 0 Å². The summed E-state index contributed by atoms with van der Waals surface area (Å²) in [5, 5.41) is 4.57. The van der Waals surface area contributed by atoms with E-state index < -0.39 is 10.0 Å². The van der Waals surface area contributed by atoms with E-state index in [1.165, 1.54) is 0 Å². The zero-order valence-electron chi connectivity index (χ0n) is 14.9. The molecule has 1 heterocycles. The van der Waals surface area contributed by atoms with Gasteiger partial charge in [0.05, 0.1) is 0 Å². The van der Waals surface area contributed by atoms with Gasteiger partial charge in [-0.05, 0) is 42.0 Å². The molecule has 1 N–H and O–H groups in total. The summed E-state index contributed by atoms with van der Waals surface area (Å²) in [4.78, 5) is 0. The predicted molar refractivity (Wildman–Crippen MR) is 107 cm³/mol. The second kappa shape index (κ2) is 7.74. The molecular formula is C21H18N2O4S. The fourth-order valence-corrected chi connectivity index (χ4v) is 3.93. The molecule has 0 bridgehead atoms. The summed E-state index contributed by atoms with van der Waals surface area (Å²) in [7, 11) is -3.63. The first-order valence-electron chi connectivity index (χ1n) is 8.70. The Hall–Kier alpha value is -3.32. The highest BCUT2D eigenvalue weighted by molar-refractivity contribution is 7.91. The first kappa shape index (κ1) is 18.1. The first-order chi connectivity index (χ1) is 13.6. The van der Waals surface area contributed by atoms with E-state index in [4.69, 9.17) is 9.26 Å². The van der Waals surface area contributed by atoms with Crippen molar-refractivity contribution < 1.29 is 17.7 Å². The van der Waals surface area contributed by atoms with Gasteiger partial charge >= 0.3 is 0 Å². The topological polar surface area (TPSA) is 81.4 Å². The van der Waals surface area contributed by atoms with Crippen LogP contribution in [-0.2, 0) is 22.4 Å². The van der Waals surface area contributed by atoms with Crippen molar-refractivity contribution in [2.24, 2.45) is 0 Å². The minimum atomic E-state index is -3.63. The summed E-state index contributed by atoms with van der Waals surface area (Å²) in [6.07, 6.45) is 0. The Morgan fingerprint density at radius 3 is 2.39 bits per heavy atom. The van der Waals surface area contributed by atoms with Crippen molar-refractivity contribution in [1.82, 2.24) is 5.16 Å². The number of hydrogen-bond donors (Lipinski definition) is 1. The Morgan fingerprint density at radius 2 is 1.61 bits per heavy atom. The molecule has 0 aliphatic heterocycles. The SMILES string of the molecule is O=S(=O)(Cc1noc2ccccc12)Nc1ccc(OCc2ccccc2)cc1. The van der Waals surface area contributed by atoms with Crippen LogP contribution in [0.4, 0.5) is 5.69 Å². The van der Waals surface area contributed by atoms with E-state index in [0.717, 1.165) is 5.56 Å². The fourth-order valence-electron chi connectivity index (χ4n) is 2.80. The normalized spacial score (nSPS) is 11.4. The molecule has 0 unspecified atom stereocenters. The third kappa shape index (κ3) is 4.32. The molecule has 7 heteroatoms. The molecule has 0 aliphatic rings. The smallest absolute Gasteiger partial charge is 0.238 e. The Morgan fingerprint density at radius 1 is 0.893 bits per heavy atom. The van der Waals surface area contributed by atoms with Gasteiger partial charge < -0.3 is 9.26 Å². The van der Waals surface area contributed by atoms with E-state index in [0.29, 0.717) is 34.7 Å². The summed E-state index contributed by atoms with van der Waals surface area (Å²) in [6.45, 7) is 0.450. The highest BCUT2D eigenvalue weighted by atomic mass is 32.2. The molecule has 6 nitrogen and oxygen atoms in total.